The molecule has 18 heteroatoms. The third-order valence-corrected chi connectivity index (χ3v) is 7.51. The monoisotopic (exact) mass is 620 g/mol. The number of amides is 1. The molecule has 41 heavy (non-hydrogen) atoms. The number of aliphatic carboxylic acids is 1. The van der Waals surface area contributed by atoms with Gasteiger partial charge in [-0.25, -0.2) is 22.0 Å². The summed E-state index contributed by atoms with van der Waals surface area (Å²) in [7, 11) is -5.08. The Kier molecular flexibility index (Phi) is 8.40. The molecular formula is C23H20F8N2O7S. The van der Waals surface area contributed by atoms with Gasteiger partial charge in [-0.15, -0.1) is 0 Å². The van der Waals surface area contributed by atoms with Crippen molar-refractivity contribution in [3.05, 3.63) is 47.5 Å². The highest BCUT2D eigenvalue weighted by atomic mass is 32.2. The lowest BCUT2D eigenvalue weighted by Gasteiger charge is -2.36. The number of carboxylic acids is 1. The molecule has 1 heterocycles. The molecule has 1 amide bonds. The summed E-state index contributed by atoms with van der Waals surface area (Å²) in [6.45, 7) is 0.282. The number of benzene rings is 2. The van der Waals surface area contributed by atoms with Gasteiger partial charge in [0.15, 0.2) is 11.6 Å². The number of hydrogen-bond acceptors (Lipinski definition) is 6. The van der Waals surface area contributed by atoms with Gasteiger partial charge in [0, 0.05) is 18.2 Å². The largest absolute Gasteiger partial charge is 0.483 e. The first kappa shape index (κ1) is 31.7. The number of halogens is 8. The Bertz CT molecular complexity index is 1460. The van der Waals surface area contributed by atoms with Crippen molar-refractivity contribution in [1.82, 2.24) is 0 Å². The number of carboxylic acid groups (broad SMARTS) is 1. The molecule has 9 nitrogen and oxygen atoms in total. The van der Waals surface area contributed by atoms with Gasteiger partial charge in [0.25, 0.3) is 10.0 Å². The van der Waals surface area contributed by atoms with Crippen LogP contribution in [0.15, 0.2) is 35.2 Å². The number of hydrogen-bond donors (Lipinski definition) is 2. The zero-order valence-electron chi connectivity index (χ0n) is 20.9. The standard InChI is InChI=1S/C23H20F8N2O7S/c1-21(2,23(29,30)31)40-20(36)32-11-7-16(25)19-17(8-11)33(10-12(39-19)3-6-18(34)35)41(37,38)13-4-5-15(24)14(9-13)22(26,27)28/h4-5,7-9,12H,3,6,10H2,1-2H3,(H,32,36)(H,34,35). The van der Waals surface area contributed by atoms with E-state index in [2.05, 4.69) is 4.74 Å². The van der Waals surface area contributed by atoms with Gasteiger partial charge in [-0.1, -0.05) is 0 Å². The van der Waals surface area contributed by atoms with Crippen LogP contribution in [0.1, 0.15) is 32.3 Å². The van der Waals surface area contributed by atoms with Crippen molar-refractivity contribution in [1.29, 1.82) is 0 Å². The lowest BCUT2D eigenvalue weighted by Crippen LogP contribution is -2.44. The molecule has 2 aromatic rings. The van der Waals surface area contributed by atoms with Crippen molar-refractivity contribution in [3.8, 4) is 5.75 Å². The van der Waals surface area contributed by atoms with Crippen molar-refractivity contribution in [2.24, 2.45) is 0 Å². The van der Waals surface area contributed by atoms with Crippen molar-refractivity contribution in [2.75, 3.05) is 16.2 Å². The van der Waals surface area contributed by atoms with Gasteiger partial charge in [0.05, 0.1) is 22.7 Å². The zero-order valence-corrected chi connectivity index (χ0v) is 21.7. The van der Waals surface area contributed by atoms with E-state index in [0.717, 1.165) is 6.07 Å². The molecule has 2 aromatic carbocycles. The van der Waals surface area contributed by atoms with Gasteiger partial charge in [0.2, 0.25) is 5.60 Å². The summed E-state index contributed by atoms with van der Waals surface area (Å²) in [5.41, 5.74) is -6.25. The number of sulfonamides is 1. The smallest absolute Gasteiger partial charge is 0.427 e. The highest BCUT2D eigenvalue weighted by molar-refractivity contribution is 7.92. The van der Waals surface area contributed by atoms with Crippen LogP contribution in [0.4, 0.5) is 51.3 Å². The van der Waals surface area contributed by atoms with Crippen LogP contribution >= 0.6 is 0 Å². The topological polar surface area (TPSA) is 122 Å². The van der Waals surface area contributed by atoms with Crippen LogP contribution in [0.3, 0.4) is 0 Å². The number of anilines is 2. The number of alkyl halides is 6. The maximum atomic E-state index is 15.1. The summed E-state index contributed by atoms with van der Waals surface area (Å²) < 4.78 is 145. The fourth-order valence-corrected chi connectivity index (χ4v) is 5.06. The normalized spacial score (nSPS) is 16.0. The molecule has 0 aromatic heterocycles. The molecule has 0 radical (unpaired) electrons. The van der Waals surface area contributed by atoms with Gasteiger partial charge < -0.3 is 14.6 Å². The van der Waals surface area contributed by atoms with E-state index >= 15 is 4.39 Å². The highest BCUT2D eigenvalue weighted by Crippen LogP contribution is 2.43. The summed E-state index contributed by atoms with van der Waals surface area (Å²) in [5.74, 6) is -5.30. The Balaban J connectivity index is 2.09. The molecule has 1 atom stereocenters. The van der Waals surface area contributed by atoms with Crippen molar-refractivity contribution >= 4 is 33.5 Å². The highest BCUT2D eigenvalue weighted by Gasteiger charge is 2.51. The molecule has 0 bridgehead atoms. The lowest BCUT2D eigenvalue weighted by molar-refractivity contribution is -0.242. The third kappa shape index (κ3) is 6.91. The van der Waals surface area contributed by atoms with E-state index in [1.54, 1.807) is 5.32 Å². The molecule has 0 spiro atoms. The Labute approximate surface area is 226 Å². The summed E-state index contributed by atoms with van der Waals surface area (Å²) in [6.07, 6.45) is -14.3. The Morgan fingerprint density at radius 1 is 1.07 bits per heavy atom. The van der Waals surface area contributed by atoms with E-state index < -0.39 is 98.3 Å². The average molecular weight is 620 g/mol. The van der Waals surface area contributed by atoms with Crippen LogP contribution in [-0.4, -0.2) is 50.0 Å². The second-order valence-electron chi connectivity index (χ2n) is 9.18. The van der Waals surface area contributed by atoms with Crippen molar-refractivity contribution < 1.29 is 67.7 Å². The predicted octanol–water partition coefficient (Wildman–Crippen LogP) is 5.69. The van der Waals surface area contributed by atoms with E-state index in [4.69, 9.17) is 9.84 Å². The zero-order chi connectivity index (χ0) is 31.1. The molecule has 226 valence electrons. The van der Waals surface area contributed by atoms with Crippen LogP contribution in [-0.2, 0) is 25.7 Å². The fraction of sp³-hybridized carbons (Fsp3) is 0.391. The van der Waals surface area contributed by atoms with Crippen molar-refractivity contribution in [3.63, 3.8) is 0 Å². The summed E-state index contributed by atoms with van der Waals surface area (Å²) >= 11 is 0. The van der Waals surface area contributed by atoms with Gasteiger partial charge in [-0.05, 0) is 44.5 Å². The minimum absolute atomic E-state index is 0.00109. The first-order valence-electron chi connectivity index (χ1n) is 11.3. The second-order valence-corrected chi connectivity index (χ2v) is 11.0. The second kappa shape index (κ2) is 10.9. The SMILES string of the molecule is CC(C)(OC(=O)Nc1cc(F)c2c(c1)N(S(=O)(=O)c1ccc(F)c(C(F)(F)F)c1)CC(CCC(=O)O)O2)C(F)(F)F. The Morgan fingerprint density at radius 3 is 2.27 bits per heavy atom. The van der Waals surface area contributed by atoms with Crippen molar-refractivity contribution in [2.45, 2.75) is 55.6 Å². The molecular weight excluding hydrogens is 600 g/mol. The average Bonchev–Trinajstić information content (AvgIpc) is 2.80. The first-order valence-corrected chi connectivity index (χ1v) is 12.8. The van der Waals surface area contributed by atoms with Gasteiger partial charge in [-0.2, -0.15) is 26.3 Å². The van der Waals surface area contributed by atoms with E-state index in [0.29, 0.717) is 30.3 Å². The molecule has 0 fully saturated rings. The number of fused-ring (bicyclic) bond motifs is 1. The summed E-state index contributed by atoms with van der Waals surface area (Å²) in [5, 5.41) is 10.8. The molecule has 1 aliphatic rings. The number of carbonyl (C=O) groups is 2. The number of nitrogens with one attached hydrogen (secondary N) is 1. The molecule has 2 N–H and O–H groups in total. The quantitative estimate of drug-likeness (QED) is 0.381. The van der Waals surface area contributed by atoms with E-state index in [1.165, 1.54) is 0 Å². The Morgan fingerprint density at radius 2 is 1.71 bits per heavy atom. The molecule has 0 aliphatic carbocycles. The van der Waals surface area contributed by atoms with Gasteiger partial charge >= 0.3 is 24.4 Å². The van der Waals surface area contributed by atoms with Crippen LogP contribution in [0.5, 0.6) is 5.75 Å². The van der Waals surface area contributed by atoms with Gasteiger partial charge in [-0.3, -0.25) is 14.4 Å². The molecule has 0 saturated carbocycles. The number of rotatable bonds is 7. The van der Waals surface area contributed by atoms with Crippen LogP contribution in [0.25, 0.3) is 0 Å². The summed E-state index contributed by atoms with van der Waals surface area (Å²) in [4.78, 5) is 22.0. The minimum atomic E-state index is -5.30. The van der Waals surface area contributed by atoms with E-state index in [1.807, 2.05) is 0 Å². The lowest BCUT2D eigenvalue weighted by atomic mass is 10.1. The van der Waals surface area contributed by atoms with Gasteiger partial charge in [0.1, 0.15) is 11.9 Å². The number of ether oxygens (including phenoxy) is 2. The third-order valence-electron chi connectivity index (χ3n) is 5.73. The van der Waals surface area contributed by atoms with E-state index in [-0.39, 0.29) is 18.6 Å². The predicted molar refractivity (Wildman–Crippen MR) is 124 cm³/mol. The van der Waals surface area contributed by atoms with E-state index in [9.17, 15) is 48.7 Å². The van der Waals surface area contributed by atoms with Crippen LogP contribution < -0.4 is 14.4 Å². The van der Waals surface area contributed by atoms with Crippen LogP contribution in [0.2, 0.25) is 0 Å². The molecule has 1 aliphatic heterocycles. The maximum absolute atomic E-state index is 15.1. The number of carbonyl (C=O) groups excluding carboxylic acids is 1. The van der Waals surface area contributed by atoms with Crippen LogP contribution in [0, 0.1) is 11.6 Å². The molecule has 3 rings (SSSR count). The molecule has 0 saturated heterocycles. The fourth-order valence-electron chi connectivity index (χ4n) is 3.54. The maximum Gasteiger partial charge on any atom is 0.427 e. The molecule has 1 unspecified atom stereocenters. The first-order chi connectivity index (χ1) is 18.6. The minimum Gasteiger partial charge on any atom is -0.483 e. The number of nitrogens with zero attached hydrogens (tertiary/aromatic N) is 1. The summed E-state index contributed by atoms with van der Waals surface area (Å²) in [6, 6.07) is 2.03. The Hall–Kier alpha value is -3.83.